The van der Waals surface area contributed by atoms with Crippen molar-refractivity contribution in [1.82, 2.24) is 0 Å². The number of allylic oxidation sites excluding steroid dienone is 5. The van der Waals surface area contributed by atoms with E-state index in [2.05, 4.69) is 84.9 Å². The van der Waals surface area contributed by atoms with E-state index in [0.717, 1.165) is 0 Å². The van der Waals surface area contributed by atoms with E-state index in [-0.39, 0.29) is 10.8 Å². The van der Waals surface area contributed by atoms with Gasteiger partial charge >= 0.3 is 0 Å². The number of fused-ring (bicyclic) bond motifs is 2. The molecule has 0 aromatic heterocycles. The van der Waals surface area contributed by atoms with Crippen LogP contribution in [0.5, 0.6) is 0 Å². The first kappa shape index (κ1) is 23.1. The summed E-state index contributed by atoms with van der Waals surface area (Å²) in [4.78, 5) is 0. The summed E-state index contributed by atoms with van der Waals surface area (Å²) in [5.41, 5.74) is 10.3. The number of hydrogen-bond acceptors (Lipinski definition) is 0. The second kappa shape index (κ2) is 9.29. The molecule has 0 aliphatic heterocycles. The van der Waals surface area contributed by atoms with Crippen LogP contribution in [0.1, 0.15) is 111 Å². The van der Waals surface area contributed by atoms with Gasteiger partial charge in [0.1, 0.15) is 0 Å². The third kappa shape index (κ3) is 3.65. The smallest absolute Gasteiger partial charge is 0.0456 e. The van der Waals surface area contributed by atoms with Crippen LogP contribution in [0, 0.1) is 11.3 Å². The Hall–Kier alpha value is -1.56. The molecule has 30 heavy (non-hydrogen) atoms. The van der Waals surface area contributed by atoms with Gasteiger partial charge < -0.3 is 0 Å². The first-order valence-corrected chi connectivity index (χ1v) is 12.6. The van der Waals surface area contributed by atoms with Gasteiger partial charge in [0.25, 0.3) is 0 Å². The lowest BCUT2D eigenvalue weighted by Gasteiger charge is -2.50. The van der Waals surface area contributed by atoms with Crippen LogP contribution >= 0.6 is 0 Å². The fraction of sp³-hybridized carbons (Fsp3) is 0.600. The lowest BCUT2D eigenvalue weighted by atomic mass is 9.52. The number of hydrogen-bond donors (Lipinski definition) is 0. The minimum absolute atomic E-state index is 0.0601. The Labute approximate surface area is 186 Å². The van der Waals surface area contributed by atoms with Gasteiger partial charge in [0.15, 0.2) is 0 Å². The fourth-order valence-electron chi connectivity index (χ4n) is 6.47. The molecule has 2 aliphatic rings. The molecule has 0 bridgehead atoms. The second-order valence-corrected chi connectivity index (χ2v) is 10.5. The summed E-state index contributed by atoms with van der Waals surface area (Å²) in [5.74, 6) is 0.504. The highest BCUT2D eigenvalue weighted by Crippen LogP contribution is 2.63. The predicted molar refractivity (Wildman–Crippen MR) is 134 cm³/mol. The van der Waals surface area contributed by atoms with Crippen LogP contribution < -0.4 is 0 Å². The van der Waals surface area contributed by atoms with E-state index in [1.165, 1.54) is 56.9 Å². The highest BCUT2D eigenvalue weighted by atomic mass is 14.6. The molecule has 0 heterocycles. The summed E-state index contributed by atoms with van der Waals surface area (Å²) in [6.45, 7) is 16.9. The summed E-state index contributed by atoms with van der Waals surface area (Å²) >= 11 is 0. The average molecular weight is 405 g/mol. The molecule has 1 atom stereocenters. The highest BCUT2D eigenvalue weighted by molar-refractivity contribution is 5.71. The molecular weight excluding hydrogens is 360 g/mol. The van der Waals surface area contributed by atoms with Gasteiger partial charge in [-0.25, -0.2) is 0 Å². The predicted octanol–water partition coefficient (Wildman–Crippen LogP) is 9.42. The monoisotopic (exact) mass is 404 g/mol. The van der Waals surface area contributed by atoms with Gasteiger partial charge in [-0.3, -0.25) is 0 Å². The minimum atomic E-state index is 0.0601. The molecule has 164 valence electrons. The van der Waals surface area contributed by atoms with Crippen LogP contribution in [0.4, 0.5) is 0 Å². The second-order valence-electron chi connectivity index (χ2n) is 10.5. The molecule has 0 saturated heterocycles. The summed E-state index contributed by atoms with van der Waals surface area (Å²) in [7, 11) is 0. The van der Waals surface area contributed by atoms with Crippen LogP contribution in [0.25, 0.3) is 6.08 Å². The Morgan fingerprint density at radius 2 is 1.23 bits per heavy atom. The van der Waals surface area contributed by atoms with Crippen LogP contribution in [0.3, 0.4) is 0 Å². The quantitative estimate of drug-likeness (QED) is 0.404. The van der Waals surface area contributed by atoms with E-state index in [9.17, 15) is 0 Å². The molecule has 0 saturated carbocycles. The van der Waals surface area contributed by atoms with Crippen LogP contribution in [0.2, 0.25) is 0 Å². The van der Waals surface area contributed by atoms with E-state index in [0.29, 0.717) is 5.92 Å². The van der Waals surface area contributed by atoms with Crippen molar-refractivity contribution in [2.24, 2.45) is 11.3 Å². The molecule has 0 heteroatoms. The number of benzene rings is 1. The third-order valence-corrected chi connectivity index (χ3v) is 7.30. The van der Waals surface area contributed by atoms with Crippen molar-refractivity contribution in [2.45, 2.75) is 105 Å². The average Bonchev–Trinajstić information content (AvgIpc) is 2.93. The molecule has 1 unspecified atom stereocenters. The molecule has 0 radical (unpaired) electrons. The zero-order chi connectivity index (χ0) is 21.9. The summed E-state index contributed by atoms with van der Waals surface area (Å²) in [5, 5.41) is 0. The fourth-order valence-corrected chi connectivity index (χ4v) is 6.47. The molecule has 0 N–H and O–H groups in total. The minimum Gasteiger partial charge on any atom is -0.0787 e. The molecule has 3 rings (SSSR count). The number of rotatable bonds is 8. The highest BCUT2D eigenvalue weighted by Gasteiger charge is 2.55. The van der Waals surface area contributed by atoms with E-state index in [1.54, 1.807) is 27.9 Å². The van der Waals surface area contributed by atoms with Crippen molar-refractivity contribution < 1.29 is 0 Å². The van der Waals surface area contributed by atoms with Crippen molar-refractivity contribution in [2.75, 3.05) is 0 Å². The lowest BCUT2D eigenvalue weighted by molar-refractivity contribution is 0.212. The normalized spacial score (nSPS) is 20.4. The summed E-state index contributed by atoms with van der Waals surface area (Å²) in [6, 6.07) is 9.30. The molecule has 0 nitrogen and oxygen atoms in total. The van der Waals surface area contributed by atoms with Crippen LogP contribution in [-0.2, 0) is 5.41 Å². The Kier molecular flexibility index (Phi) is 7.16. The van der Waals surface area contributed by atoms with Gasteiger partial charge in [-0.15, -0.1) is 0 Å². The largest absolute Gasteiger partial charge is 0.0787 e. The molecule has 0 amide bonds. The van der Waals surface area contributed by atoms with E-state index >= 15 is 0 Å². The maximum absolute atomic E-state index is 2.58. The SMILES string of the molecule is CCCC1=C(CCC)C2(C(CCC)=C1CCC)c1ccccc1C=CC2C(C)(C)C. The van der Waals surface area contributed by atoms with Crippen molar-refractivity contribution in [3.8, 4) is 0 Å². The van der Waals surface area contributed by atoms with Crippen molar-refractivity contribution in [3.05, 3.63) is 63.8 Å². The molecule has 2 aliphatic carbocycles. The summed E-state index contributed by atoms with van der Waals surface area (Å²) in [6.07, 6.45) is 14.9. The van der Waals surface area contributed by atoms with Gasteiger partial charge in [-0.1, -0.05) is 122 Å². The molecule has 1 aromatic carbocycles. The van der Waals surface area contributed by atoms with Gasteiger partial charge in [0.2, 0.25) is 0 Å². The zero-order valence-corrected chi connectivity index (χ0v) is 20.7. The van der Waals surface area contributed by atoms with E-state index < -0.39 is 0 Å². The molecule has 1 aromatic rings. The van der Waals surface area contributed by atoms with Crippen LogP contribution in [-0.4, -0.2) is 0 Å². The van der Waals surface area contributed by atoms with Gasteiger partial charge in [0, 0.05) is 5.41 Å². The molecule has 1 spiro atoms. The maximum atomic E-state index is 2.58. The van der Waals surface area contributed by atoms with Crippen molar-refractivity contribution in [3.63, 3.8) is 0 Å². The molecular formula is C30H44. The Morgan fingerprint density at radius 3 is 1.70 bits per heavy atom. The Bertz CT molecular complexity index is 805. The summed E-state index contributed by atoms with van der Waals surface area (Å²) < 4.78 is 0. The van der Waals surface area contributed by atoms with E-state index in [4.69, 9.17) is 0 Å². The molecule has 0 fully saturated rings. The third-order valence-electron chi connectivity index (χ3n) is 7.30. The Balaban J connectivity index is 2.46. The topological polar surface area (TPSA) is 0 Å². The van der Waals surface area contributed by atoms with Gasteiger partial charge in [-0.2, -0.15) is 0 Å². The van der Waals surface area contributed by atoms with Gasteiger partial charge in [0.05, 0.1) is 0 Å². The van der Waals surface area contributed by atoms with E-state index in [1.807, 2.05) is 0 Å². The van der Waals surface area contributed by atoms with Crippen LogP contribution in [0.15, 0.2) is 52.6 Å². The lowest BCUT2D eigenvalue weighted by Crippen LogP contribution is -2.45. The maximum Gasteiger partial charge on any atom is 0.0456 e. The first-order chi connectivity index (χ1) is 14.4. The van der Waals surface area contributed by atoms with Gasteiger partial charge in [-0.05, 0) is 59.3 Å². The van der Waals surface area contributed by atoms with Crippen molar-refractivity contribution in [1.29, 1.82) is 0 Å². The standard InChI is InChI=1S/C30H44/c1-8-14-23-24(15-9-2)27(17-11-4)30(26(23)16-10-3)25-19-13-12-18-22(25)20-21-28(30)29(5,6)7/h12-13,18-21,28H,8-11,14-17H2,1-7H3. The zero-order valence-electron chi connectivity index (χ0n) is 20.7. The van der Waals surface area contributed by atoms with Crippen molar-refractivity contribution >= 4 is 6.08 Å². The Morgan fingerprint density at radius 1 is 0.733 bits per heavy atom. The first-order valence-electron chi connectivity index (χ1n) is 12.6.